The molecule has 1 aliphatic heterocycles. The number of carbonyl (C=O) groups excluding carboxylic acids is 2. The first-order chi connectivity index (χ1) is 12.4. The van der Waals surface area contributed by atoms with Crippen LogP contribution in [0.3, 0.4) is 0 Å². The second-order valence-corrected chi connectivity index (χ2v) is 8.92. The molecule has 1 heterocycles. The molecule has 1 aromatic carbocycles. The lowest BCUT2D eigenvalue weighted by Gasteiger charge is -2.30. The molecule has 7 nitrogen and oxygen atoms in total. The van der Waals surface area contributed by atoms with Crippen molar-refractivity contribution in [2.45, 2.75) is 43.0 Å². The molecular weight excluding hydrogens is 354 g/mol. The van der Waals surface area contributed by atoms with E-state index in [2.05, 4.69) is 10.6 Å². The van der Waals surface area contributed by atoms with E-state index in [0.717, 1.165) is 12.8 Å². The normalized spacial score (nSPS) is 19.1. The van der Waals surface area contributed by atoms with Crippen molar-refractivity contribution in [2.75, 3.05) is 19.6 Å². The molecule has 2 aliphatic rings. The summed E-state index contributed by atoms with van der Waals surface area (Å²) in [5.74, 6) is -0.159. The van der Waals surface area contributed by atoms with Gasteiger partial charge in [0.1, 0.15) is 0 Å². The maximum Gasteiger partial charge on any atom is 0.243 e. The van der Waals surface area contributed by atoms with Crippen molar-refractivity contribution < 1.29 is 18.0 Å². The molecule has 0 unspecified atom stereocenters. The Hall–Kier alpha value is -1.93. The van der Waals surface area contributed by atoms with Crippen LogP contribution in [-0.4, -0.2) is 50.2 Å². The van der Waals surface area contributed by atoms with Crippen molar-refractivity contribution in [3.8, 4) is 0 Å². The summed E-state index contributed by atoms with van der Waals surface area (Å²) in [6.45, 7) is 0.839. The lowest BCUT2D eigenvalue weighted by atomic mass is 9.94. The smallest absolute Gasteiger partial charge is 0.243 e. The molecule has 2 N–H and O–H groups in total. The zero-order chi connectivity index (χ0) is 18.6. The summed E-state index contributed by atoms with van der Waals surface area (Å²) >= 11 is 0. The van der Waals surface area contributed by atoms with Gasteiger partial charge in [0.05, 0.1) is 11.4 Å². The molecule has 0 aromatic heterocycles. The number of rotatable bonds is 7. The van der Waals surface area contributed by atoms with Gasteiger partial charge in [-0.3, -0.25) is 9.59 Å². The molecule has 8 heteroatoms. The summed E-state index contributed by atoms with van der Waals surface area (Å²) in [6, 6.07) is 8.69. The number of piperidine rings is 1. The number of carbonyl (C=O) groups is 2. The van der Waals surface area contributed by atoms with E-state index in [0.29, 0.717) is 37.2 Å². The topological polar surface area (TPSA) is 95.6 Å². The van der Waals surface area contributed by atoms with Crippen LogP contribution in [0, 0.1) is 5.92 Å². The second kappa shape index (κ2) is 8.18. The van der Waals surface area contributed by atoms with Crippen LogP contribution < -0.4 is 10.6 Å². The Balaban J connectivity index is 1.42. The van der Waals surface area contributed by atoms with E-state index < -0.39 is 10.0 Å². The third-order valence-corrected chi connectivity index (χ3v) is 6.73. The highest BCUT2D eigenvalue weighted by atomic mass is 32.2. The Kier molecular flexibility index (Phi) is 5.93. The van der Waals surface area contributed by atoms with Crippen LogP contribution in [-0.2, 0) is 19.6 Å². The zero-order valence-electron chi connectivity index (χ0n) is 14.7. The third kappa shape index (κ3) is 5.04. The fourth-order valence-electron chi connectivity index (χ4n) is 3.11. The van der Waals surface area contributed by atoms with Gasteiger partial charge < -0.3 is 10.6 Å². The predicted octanol–water partition coefficient (Wildman–Crippen LogP) is 0.872. The highest BCUT2D eigenvalue weighted by Crippen LogP contribution is 2.25. The van der Waals surface area contributed by atoms with Crippen LogP contribution in [0.5, 0.6) is 0 Å². The van der Waals surface area contributed by atoms with Crippen molar-refractivity contribution in [1.82, 2.24) is 14.9 Å². The molecule has 1 aromatic rings. The Morgan fingerprint density at radius 3 is 2.27 bits per heavy atom. The summed E-state index contributed by atoms with van der Waals surface area (Å²) in [4.78, 5) is 23.9. The summed E-state index contributed by atoms with van der Waals surface area (Å²) < 4.78 is 26.7. The van der Waals surface area contributed by atoms with E-state index in [1.54, 1.807) is 30.3 Å². The molecule has 1 aliphatic carbocycles. The summed E-state index contributed by atoms with van der Waals surface area (Å²) in [7, 11) is -3.46. The number of amides is 2. The highest BCUT2D eigenvalue weighted by molar-refractivity contribution is 7.89. The van der Waals surface area contributed by atoms with Gasteiger partial charge in [-0.25, -0.2) is 8.42 Å². The first-order valence-electron chi connectivity index (χ1n) is 9.06. The van der Waals surface area contributed by atoms with E-state index in [1.807, 2.05) is 0 Å². The molecule has 1 saturated heterocycles. The van der Waals surface area contributed by atoms with Crippen molar-refractivity contribution in [3.63, 3.8) is 0 Å². The summed E-state index contributed by atoms with van der Waals surface area (Å²) in [5.41, 5.74) is 0. The number of benzene rings is 1. The molecule has 142 valence electrons. The van der Waals surface area contributed by atoms with Gasteiger partial charge in [0.2, 0.25) is 21.8 Å². The van der Waals surface area contributed by atoms with Crippen molar-refractivity contribution in [2.24, 2.45) is 5.92 Å². The number of hydrogen-bond acceptors (Lipinski definition) is 4. The Labute approximate surface area is 154 Å². The maximum absolute atomic E-state index is 12.6. The Morgan fingerprint density at radius 2 is 1.65 bits per heavy atom. The molecule has 0 spiro atoms. The molecule has 0 radical (unpaired) electrons. The molecule has 0 atom stereocenters. The van der Waals surface area contributed by atoms with Crippen LogP contribution in [0.2, 0.25) is 0 Å². The van der Waals surface area contributed by atoms with E-state index >= 15 is 0 Å². The van der Waals surface area contributed by atoms with Gasteiger partial charge in [0.25, 0.3) is 0 Å². The minimum atomic E-state index is -3.46. The molecule has 2 fully saturated rings. The average Bonchev–Trinajstić information content (AvgIpc) is 3.45. The third-order valence-electron chi connectivity index (χ3n) is 4.82. The summed E-state index contributed by atoms with van der Waals surface area (Å²) in [5, 5.41) is 5.47. The van der Waals surface area contributed by atoms with E-state index in [9.17, 15) is 18.0 Å². The molecule has 26 heavy (non-hydrogen) atoms. The van der Waals surface area contributed by atoms with Gasteiger partial charge in [-0.2, -0.15) is 4.31 Å². The number of sulfonamides is 1. The second-order valence-electron chi connectivity index (χ2n) is 6.98. The average molecular weight is 379 g/mol. The zero-order valence-corrected chi connectivity index (χ0v) is 15.5. The van der Waals surface area contributed by atoms with E-state index in [1.165, 1.54) is 4.31 Å². The first-order valence-corrected chi connectivity index (χ1v) is 10.5. The van der Waals surface area contributed by atoms with Gasteiger partial charge in [0.15, 0.2) is 0 Å². The fourth-order valence-corrected chi connectivity index (χ4v) is 4.61. The largest absolute Gasteiger partial charge is 0.352 e. The van der Waals surface area contributed by atoms with Gasteiger partial charge in [-0.1, -0.05) is 18.2 Å². The van der Waals surface area contributed by atoms with E-state index in [-0.39, 0.29) is 30.3 Å². The minimum Gasteiger partial charge on any atom is -0.352 e. The minimum absolute atomic E-state index is 0.0105. The monoisotopic (exact) mass is 379 g/mol. The van der Waals surface area contributed by atoms with Crippen LogP contribution >= 0.6 is 0 Å². The van der Waals surface area contributed by atoms with Crippen LogP contribution in [0.4, 0.5) is 0 Å². The number of hydrogen-bond donors (Lipinski definition) is 2. The standard InChI is InChI=1S/C18H25N3O4S/c22-17(19-13-18(23)20-15-6-7-15)12-14-8-10-21(11-9-14)26(24,25)16-4-2-1-3-5-16/h1-5,14-15H,6-13H2,(H,19,22)(H,20,23). The van der Waals surface area contributed by atoms with Crippen molar-refractivity contribution in [1.29, 1.82) is 0 Å². The van der Waals surface area contributed by atoms with Crippen LogP contribution in [0.15, 0.2) is 35.2 Å². The fraction of sp³-hybridized carbons (Fsp3) is 0.556. The van der Waals surface area contributed by atoms with Crippen LogP contribution in [0.1, 0.15) is 32.1 Å². The Bertz CT molecular complexity index is 739. The van der Waals surface area contributed by atoms with Crippen molar-refractivity contribution >= 4 is 21.8 Å². The van der Waals surface area contributed by atoms with Gasteiger partial charge in [0, 0.05) is 25.6 Å². The molecular formula is C18H25N3O4S. The SMILES string of the molecule is O=C(CC1CCN(S(=O)(=O)c2ccccc2)CC1)NCC(=O)NC1CC1. The quantitative estimate of drug-likeness (QED) is 0.735. The number of nitrogens with one attached hydrogen (secondary N) is 2. The van der Waals surface area contributed by atoms with E-state index in [4.69, 9.17) is 0 Å². The molecule has 3 rings (SSSR count). The molecule has 1 saturated carbocycles. The first kappa shape index (κ1) is 18.8. The van der Waals surface area contributed by atoms with Gasteiger partial charge >= 0.3 is 0 Å². The van der Waals surface area contributed by atoms with Crippen molar-refractivity contribution in [3.05, 3.63) is 30.3 Å². The van der Waals surface area contributed by atoms with Gasteiger partial charge in [-0.05, 0) is 43.7 Å². The molecule has 2 amide bonds. The Morgan fingerprint density at radius 1 is 1.00 bits per heavy atom. The summed E-state index contributed by atoms with van der Waals surface area (Å²) in [6.07, 6.45) is 3.66. The maximum atomic E-state index is 12.6. The predicted molar refractivity (Wildman–Crippen MR) is 96.7 cm³/mol. The highest BCUT2D eigenvalue weighted by Gasteiger charge is 2.30. The van der Waals surface area contributed by atoms with Crippen LogP contribution in [0.25, 0.3) is 0 Å². The lowest BCUT2D eigenvalue weighted by molar-refractivity contribution is -0.126. The number of nitrogens with zero attached hydrogens (tertiary/aromatic N) is 1. The van der Waals surface area contributed by atoms with Gasteiger partial charge in [-0.15, -0.1) is 0 Å². The lowest BCUT2D eigenvalue weighted by Crippen LogP contribution is -2.41. The molecule has 0 bridgehead atoms.